The average molecular weight is 255 g/mol. The molecule has 0 saturated heterocycles. The van der Waals surface area contributed by atoms with Crippen LogP contribution in [-0.2, 0) is 4.74 Å². The number of carbonyl (C=O) groups is 1. The van der Waals surface area contributed by atoms with Crippen molar-refractivity contribution < 1.29 is 9.53 Å². The molecule has 0 unspecified atom stereocenters. The third kappa shape index (κ3) is 3.65. The van der Waals surface area contributed by atoms with Crippen molar-refractivity contribution in [1.82, 2.24) is 0 Å². The van der Waals surface area contributed by atoms with Gasteiger partial charge in [-0.15, -0.1) is 0 Å². The van der Waals surface area contributed by atoms with Gasteiger partial charge in [-0.2, -0.15) is 4.99 Å². The number of fused-ring (bicyclic) bond motifs is 1. The molecule has 0 saturated carbocycles. The van der Waals surface area contributed by atoms with Crippen LogP contribution in [0.3, 0.4) is 0 Å². The lowest BCUT2D eigenvalue weighted by Gasteiger charge is -2.17. The first-order valence-corrected chi connectivity index (χ1v) is 6.20. The molecule has 2 aromatic rings. The first kappa shape index (κ1) is 13.3. The molecule has 3 heteroatoms. The van der Waals surface area contributed by atoms with Crippen LogP contribution in [0.5, 0.6) is 0 Å². The van der Waals surface area contributed by atoms with Gasteiger partial charge in [0.2, 0.25) is 0 Å². The Labute approximate surface area is 112 Å². The predicted molar refractivity (Wildman–Crippen MR) is 77.8 cm³/mol. The molecule has 2 rings (SSSR count). The largest absolute Gasteiger partial charge is 0.442 e. The minimum Gasteiger partial charge on any atom is -0.442 e. The van der Waals surface area contributed by atoms with Gasteiger partial charge in [0, 0.05) is 11.8 Å². The summed E-state index contributed by atoms with van der Waals surface area (Å²) in [5.41, 5.74) is 0.386. The van der Waals surface area contributed by atoms with Crippen molar-refractivity contribution >= 4 is 23.1 Å². The molecule has 0 heterocycles. The highest BCUT2D eigenvalue weighted by Crippen LogP contribution is 2.17. The van der Waals surface area contributed by atoms with Crippen LogP contribution in [-0.4, -0.2) is 17.9 Å². The van der Waals surface area contributed by atoms with Crippen LogP contribution in [0.2, 0.25) is 0 Å². The highest BCUT2D eigenvalue weighted by Gasteiger charge is 2.14. The highest BCUT2D eigenvalue weighted by atomic mass is 16.6. The summed E-state index contributed by atoms with van der Waals surface area (Å²) in [6, 6.07) is 13.9. The molecule has 0 bridgehead atoms. The molecule has 0 atom stereocenters. The summed E-state index contributed by atoms with van der Waals surface area (Å²) < 4.78 is 5.13. The fraction of sp³-hybridized carbons (Fsp3) is 0.250. The fourth-order valence-corrected chi connectivity index (χ4v) is 1.77. The molecular formula is C16H17NO2. The second-order valence-electron chi connectivity index (χ2n) is 5.31. The lowest BCUT2D eigenvalue weighted by molar-refractivity contribution is 0.0605. The topological polar surface area (TPSA) is 38.7 Å². The van der Waals surface area contributed by atoms with Crippen LogP contribution < -0.4 is 0 Å². The van der Waals surface area contributed by atoms with Crippen molar-refractivity contribution in [1.29, 1.82) is 0 Å². The van der Waals surface area contributed by atoms with Gasteiger partial charge in [0.1, 0.15) is 5.60 Å². The zero-order chi connectivity index (χ0) is 13.9. The van der Waals surface area contributed by atoms with Gasteiger partial charge in [-0.25, -0.2) is 4.79 Å². The van der Waals surface area contributed by atoms with Gasteiger partial charge in [0.15, 0.2) is 0 Å². The van der Waals surface area contributed by atoms with Crippen LogP contribution in [0, 0.1) is 0 Å². The maximum Gasteiger partial charge on any atom is 0.434 e. The number of carbonyl (C=O) groups excluding carboxylic acids is 1. The monoisotopic (exact) mass is 255 g/mol. The Bertz CT molecular complexity index is 619. The number of rotatable bonds is 1. The summed E-state index contributed by atoms with van der Waals surface area (Å²) in [5.74, 6) is 0. The minimum absolute atomic E-state index is 0.521. The predicted octanol–water partition coefficient (Wildman–Crippen LogP) is 4.19. The van der Waals surface area contributed by atoms with Gasteiger partial charge in [-0.3, -0.25) is 0 Å². The Morgan fingerprint density at radius 1 is 1.11 bits per heavy atom. The van der Waals surface area contributed by atoms with E-state index in [1.54, 1.807) is 6.21 Å². The lowest BCUT2D eigenvalue weighted by Crippen LogP contribution is -2.21. The summed E-state index contributed by atoms with van der Waals surface area (Å²) >= 11 is 0. The summed E-state index contributed by atoms with van der Waals surface area (Å²) in [4.78, 5) is 15.4. The molecule has 98 valence electrons. The highest BCUT2D eigenvalue weighted by molar-refractivity contribution is 6.02. The summed E-state index contributed by atoms with van der Waals surface area (Å²) in [6.45, 7) is 5.45. The first-order valence-electron chi connectivity index (χ1n) is 6.20. The minimum atomic E-state index is -0.569. The Kier molecular flexibility index (Phi) is 3.65. The average Bonchev–Trinajstić information content (AvgIpc) is 2.34. The molecule has 1 amide bonds. The van der Waals surface area contributed by atoms with Crippen molar-refractivity contribution in [3.05, 3.63) is 48.0 Å². The number of benzene rings is 2. The number of aliphatic imine (C=N–C) groups is 1. The van der Waals surface area contributed by atoms with Gasteiger partial charge in [0.25, 0.3) is 0 Å². The van der Waals surface area contributed by atoms with Crippen molar-refractivity contribution in [2.45, 2.75) is 26.4 Å². The summed E-state index contributed by atoms with van der Waals surface area (Å²) in [5, 5.41) is 2.19. The molecule has 0 radical (unpaired) electrons. The van der Waals surface area contributed by atoms with E-state index in [9.17, 15) is 4.79 Å². The van der Waals surface area contributed by atoms with E-state index in [0.29, 0.717) is 0 Å². The van der Waals surface area contributed by atoms with E-state index in [1.165, 1.54) is 0 Å². The molecule has 0 spiro atoms. The number of ether oxygens (including phenoxy) is 1. The van der Waals surface area contributed by atoms with Crippen LogP contribution in [0.25, 0.3) is 10.8 Å². The van der Waals surface area contributed by atoms with Gasteiger partial charge in [-0.1, -0.05) is 42.5 Å². The number of nitrogens with zero attached hydrogens (tertiary/aromatic N) is 1. The zero-order valence-electron chi connectivity index (χ0n) is 11.4. The van der Waals surface area contributed by atoms with Gasteiger partial charge in [0.05, 0.1) is 0 Å². The Hall–Kier alpha value is -2.16. The molecule has 19 heavy (non-hydrogen) atoms. The summed E-state index contributed by atoms with van der Waals surface area (Å²) in [7, 11) is 0. The number of hydrogen-bond acceptors (Lipinski definition) is 2. The molecule has 0 N–H and O–H groups in total. The summed E-state index contributed by atoms with van der Waals surface area (Å²) in [6.07, 6.45) is 0.983. The smallest absolute Gasteiger partial charge is 0.434 e. The van der Waals surface area contributed by atoms with E-state index < -0.39 is 11.7 Å². The second-order valence-corrected chi connectivity index (χ2v) is 5.31. The number of amides is 1. The van der Waals surface area contributed by atoms with Crippen molar-refractivity contribution in [3.8, 4) is 0 Å². The maximum atomic E-state index is 11.5. The molecule has 2 aromatic carbocycles. The Morgan fingerprint density at radius 2 is 1.79 bits per heavy atom. The molecule has 0 aliphatic heterocycles. The Morgan fingerprint density at radius 3 is 2.53 bits per heavy atom. The van der Waals surface area contributed by atoms with Crippen molar-refractivity contribution in [2.75, 3.05) is 0 Å². The quantitative estimate of drug-likeness (QED) is 0.716. The standard InChI is InChI=1S/C16H17NO2/c1-16(2,3)19-15(18)17-11-13-9-6-8-12-7-4-5-10-14(12)13/h4-11H,1-3H3/b17-11+. The number of hydrogen-bond donors (Lipinski definition) is 0. The molecular weight excluding hydrogens is 238 g/mol. The van der Waals surface area contributed by atoms with E-state index in [1.807, 2.05) is 63.2 Å². The maximum absolute atomic E-state index is 11.5. The van der Waals surface area contributed by atoms with Gasteiger partial charge in [-0.05, 0) is 31.5 Å². The van der Waals surface area contributed by atoms with Crippen molar-refractivity contribution in [2.24, 2.45) is 4.99 Å². The first-order chi connectivity index (χ1) is 8.96. The molecule has 0 aliphatic carbocycles. The van der Waals surface area contributed by atoms with Gasteiger partial charge < -0.3 is 4.74 Å². The van der Waals surface area contributed by atoms with Crippen LogP contribution in [0.4, 0.5) is 4.79 Å². The lowest BCUT2D eigenvalue weighted by atomic mass is 10.1. The van der Waals surface area contributed by atoms with E-state index >= 15 is 0 Å². The molecule has 0 aliphatic rings. The van der Waals surface area contributed by atoms with Crippen molar-refractivity contribution in [3.63, 3.8) is 0 Å². The van der Waals surface area contributed by atoms with E-state index in [-0.39, 0.29) is 0 Å². The molecule has 3 nitrogen and oxygen atoms in total. The third-order valence-electron chi connectivity index (χ3n) is 2.53. The SMILES string of the molecule is CC(C)(C)OC(=O)/N=C/c1cccc2ccccc12. The van der Waals surface area contributed by atoms with Crippen LogP contribution in [0.1, 0.15) is 26.3 Å². The molecule has 0 fully saturated rings. The Balaban J connectivity index is 2.24. The van der Waals surface area contributed by atoms with E-state index in [2.05, 4.69) is 4.99 Å². The van der Waals surface area contributed by atoms with Crippen LogP contribution >= 0.6 is 0 Å². The third-order valence-corrected chi connectivity index (χ3v) is 2.53. The van der Waals surface area contributed by atoms with E-state index in [4.69, 9.17) is 4.74 Å². The van der Waals surface area contributed by atoms with Gasteiger partial charge >= 0.3 is 6.09 Å². The van der Waals surface area contributed by atoms with Crippen LogP contribution in [0.15, 0.2) is 47.5 Å². The zero-order valence-corrected chi connectivity index (χ0v) is 11.4. The fourth-order valence-electron chi connectivity index (χ4n) is 1.77. The molecule has 0 aromatic heterocycles. The second kappa shape index (κ2) is 5.22. The van der Waals surface area contributed by atoms with E-state index in [0.717, 1.165) is 16.3 Å². The normalized spacial score (nSPS) is 11.9.